The first-order valence-corrected chi connectivity index (χ1v) is 8.81. The fourth-order valence-electron chi connectivity index (χ4n) is 2.55. The van der Waals surface area contributed by atoms with Crippen LogP contribution in [0.3, 0.4) is 0 Å². The molecule has 0 bridgehead atoms. The second kappa shape index (κ2) is 6.49. The molecule has 5 nitrogen and oxygen atoms in total. The van der Waals surface area contributed by atoms with E-state index in [1.54, 1.807) is 35.9 Å². The molecule has 1 aromatic carbocycles. The summed E-state index contributed by atoms with van der Waals surface area (Å²) in [6, 6.07) is 12.9. The lowest BCUT2D eigenvalue weighted by Gasteiger charge is -2.09. The van der Waals surface area contributed by atoms with Gasteiger partial charge in [-0.25, -0.2) is 9.97 Å². The van der Waals surface area contributed by atoms with Gasteiger partial charge in [-0.05, 0) is 48.9 Å². The molecule has 124 valence electrons. The average Bonchev–Trinajstić information content (AvgIpc) is 3.08. The number of nitrogens with zero attached hydrogens (tertiary/aromatic N) is 3. The molecule has 0 saturated carbocycles. The SMILES string of the molecule is CCc1cc2c(Nc3ccc(O)cc3)nc(-c3cccnc3)nc2s1. The van der Waals surface area contributed by atoms with Crippen LogP contribution in [0.4, 0.5) is 11.5 Å². The third kappa shape index (κ3) is 3.16. The molecule has 2 N–H and O–H groups in total. The minimum atomic E-state index is 0.234. The molecule has 25 heavy (non-hydrogen) atoms. The Morgan fingerprint density at radius 2 is 1.96 bits per heavy atom. The zero-order valence-electron chi connectivity index (χ0n) is 13.6. The van der Waals surface area contributed by atoms with Gasteiger partial charge in [-0.3, -0.25) is 4.98 Å². The molecule has 0 aliphatic rings. The molecule has 0 saturated heterocycles. The van der Waals surface area contributed by atoms with Crippen molar-refractivity contribution in [1.29, 1.82) is 0 Å². The Morgan fingerprint density at radius 1 is 1.12 bits per heavy atom. The van der Waals surface area contributed by atoms with E-state index in [9.17, 15) is 5.11 Å². The van der Waals surface area contributed by atoms with Crippen LogP contribution in [0.2, 0.25) is 0 Å². The zero-order valence-corrected chi connectivity index (χ0v) is 14.4. The van der Waals surface area contributed by atoms with Crippen LogP contribution in [-0.2, 0) is 6.42 Å². The van der Waals surface area contributed by atoms with Crippen LogP contribution in [-0.4, -0.2) is 20.1 Å². The van der Waals surface area contributed by atoms with E-state index in [4.69, 9.17) is 9.97 Å². The summed E-state index contributed by atoms with van der Waals surface area (Å²) >= 11 is 1.68. The van der Waals surface area contributed by atoms with Gasteiger partial charge in [0.1, 0.15) is 16.4 Å². The number of benzene rings is 1. The average molecular weight is 348 g/mol. The minimum absolute atomic E-state index is 0.234. The lowest BCUT2D eigenvalue weighted by atomic mass is 10.2. The predicted octanol–water partition coefficient (Wildman–Crippen LogP) is 4.76. The first kappa shape index (κ1) is 15.5. The maximum Gasteiger partial charge on any atom is 0.164 e. The molecular formula is C19H16N4OS. The number of fused-ring (bicyclic) bond motifs is 1. The number of aromatic hydroxyl groups is 1. The van der Waals surface area contributed by atoms with Crippen LogP contribution < -0.4 is 5.32 Å². The van der Waals surface area contributed by atoms with Gasteiger partial charge in [-0.15, -0.1) is 11.3 Å². The summed E-state index contributed by atoms with van der Waals surface area (Å²) in [7, 11) is 0. The number of thiophene rings is 1. The van der Waals surface area contributed by atoms with Gasteiger partial charge in [0, 0.05) is 28.5 Å². The molecule has 0 atom stereocenters. The van der Waals surface area contributed by atoms with E-state index < -0.39 is 0 Å². The fraction of sp³-hybridized carbons (Fsp3) is 0.105. The van der Waals surface area contributed by atoms with Crippen LogP contribution in [0.1, 0.15) is 11.8 Å². The Kier molecular flexibility index (Phi) is 4.03. The van der Waals surface area contributed by atoms with Crippen molar-refractivity contribution >= 4 is 33.1 Å². The molecule has 0 spiro atoms. The highest BCUT2D eigenvalue weighted by atomic mass is 32.1. The van der Waals surface area contributed by atoms with E-state index in [1.165, 1.54) is 4.88 Å². The first-order chi connectivity index (χ1) is 12.2. The lowest BCUT2D eigenvalue weighted by molar-refractivity contribution is 0.475. The highest BCUT2D eigenvalue weighted by Gasteiger charge is 2.13. The van der Waals surface area contributed by atoms with Crippen molar-refractivity contribution in [2.75, 3.05) is 5.32 Å². The smallest absolute Gasteiger partial charge is 0.164 e. The molecule has 0 amide bonds. The van der Waals surface area contributed by atoms with Crippen LogP contribution >= 0.6 is 11.3 Å². The number of rotatable bonds is 4. The van der Waals surface area contributed by atoms with Gasteiger partial charge in [0.05, 0.1) is 5.39 Å². The molecule has 0 fully saturated rings. The molecule has 4 rings (SSSR count). The number of phenolic OH excluding ortho intramolecular Hbond substituents is 1. The van der Waals surface area contributed by atoms with Crippen LogP contribution in [0.15, 0.2) is 54.9 Å². The standard InChI is InChI=1S/C19H16N4OS/c1-2-15-10-16-18(21-13-5-7-14(24)8-6-13)22-17(23-19(16)25-15)12-4-3-9-20-11-12/h3-11,24H,2H2,1H3,(H,21,22,23). The summed E-state index contributed by atoms with van der Waals surface area (Å²) in [5.74, 6) is 1.63. The molecule has 6 heteroatoms. The Hall–Kier alpha value is -2.99. The Labute approximate surface area is 149 Å². The number of hydrogen-bond donors (Lipinski definition) is 2. The normalized spacial score (nSPS) is 10.9. The van der Waals surface area contributed by atoms with Gasteiger partial charge in [-0.2, -0.15) is 0 Å². The third-order valence-corrected chi connectivity index (χ3v) is 5.02. The minimum Gasteiger partial charge on any atom is -0.508 e. The molecule has 0 aliphatic heterocycles. The number of pyridine rings is 1. The van der Waals surface area contributed by atoms with Crippen molar-refractivity contribution in [3.05, 3.63) is 59.7 Å². The number of hydrogen-bond acceptors (Lipinski definition) is 6. The summed E-state index contributed by atoms with van der Waals surface area (Å²) < 4.78 is 0. The third-order valence-electron chi connectivity index (χ3n) is 3.84. The summed E-state index contributed by atoms with van der Waals surface area (Å²) in [6.07, 6.45) is 4.46. The lowest BCUT2D eigenvalue weighted by Crippen LogP contribution is -1.98. The molecule has 0 aliphatic carbocycles. The van der Waals surface area contributed by atoms with Gasteiger partial charge >= 0.3 is 0 Å². The van der Waals surface area contributed by atoms with Crippen molar-refractivity contribution in [3.63, 3.8) is 0 Å². The van der Waals surface area contributed by atoms with Crippen LogP contribution in [0, 0.1) is 0 Å². The van der Waals surface area contributed by atoms with Crippen molar-refractivity contribution < 1.29 is 5.11 Å². The van der Waals surface area contributed by atoms with Gasteiger partial charge < -0.3 is 10.4 Å². The summed E-state index contributed by atoms with van der Waals surface area (Å²) in [5, 5.41) is 13.8. The van der Waals surface area contributed by atoms with Crippen molar-refractivity contribution in [1.82, 2.24) is 15.0 Å². The molecule has 3 heterocycles. The second-order valence-electron chi connectivity index (χ2n) is 5.59. The predicted molar refractivity (Wildman–Crippen MR) is 101 cm³/mol. The molecule has 0 radical (unpaired) electrons. The first-order valence-electron chi connectivity index (χ1n) is 8.00. The number of phenols is 1. The summed E-state index contributed by atoms with van der Waals surface area (Å²) in [4.78, 5) is 15.8. The van der Waals surface area contributed by atoms with Crippen molar-refractivity contribution in [2.45, 2.75) is 13.3 Å². The van der Waals surface area contributed by atoms with E-state index in [0.29, 0.717) is 5.82 Å². The quantitative estimate of drug-likeness (QED) is 0.520. The Morgan fingerprint density at radius 3 is 2.68 bits per heavy atom. The number of aryl methyl sites for hydroxylation is 1. The number of nitrogens with one attached hydrogen (secondary N) is 1. The van der Waals surface area contributed by atoms with E-state index >= 15 is 0 Å². The van der Waals surface area contributed by atoms with E-state index in [-0.39, 0.29) is 5.75 Å². The van der Waals surface area contributed by atoms with E-state index in [1.807, 2.05) is 24.3 Å². The van der Waals surface area contributed by atoms with Crippen molar-refractivity contribution in [2.24, 2.45) is 0 Å². The zero-order chi connectivity index (χ0) is 17.2. The van der Waals surface area contributed by atoms with E-state index in [0.717, 1.165) is 33.7 Å². The van der Waals surface area contributed by atoms with Crippen molar-refractivity contribution in [3.8, 4) is 17.1 Å². The van der Waals surface area contributed by atoms with Gasteiger partial charge in [-0.1, -0.05) is 6.92 Å². The largest absolute Gasteiger partial charge is 0.508 e. The van der Waals surface area contributed by atoms with Crippen LogP contribution in [0.25, 0.3) is 21.6 Å². The highest BCUT2D eigenvalue weighted by Crippen LogP contribution is 2.33. The maximum atomic E-state index is 9.46. The van der Waals surface area contributed by atoms with Gasteiger partial charge in [0.25, 0.3) is 0 Å². The molecule has 4 aromatic rings. The second-order valence-corrected chi connectivity index (χ2v) is 6.71. The topological polar surface area (TPSA) is 70.9 Å². The van der Waals surface area contributed by atoms with Crippen LogP contribution in [0.5, 0.6) is 5.75 Å². The highest BCUT2D eigenvalue weighted by molar-refractivity contribution is 7.18. The molecule has 0 unspecified atom stereocenters. The summed E-state index contributed by atoms with van der Waals surface area (Å²) in [5.41, 5.74) is 1.74. The maximum absolute atomic E-state index is 9.46. The van der Waals surface area contributed by atoms with Gasteiger partial charge in [0.2, 0.25) is 0 Å². The monoisotopic (exact) mass is 348 g/mol. The number of anilines is 2. The van der Waals surface area contributed by atoms with E-state index in [2.05, 4.69) is 23.3 Å². The summed E-state index contributed by atoms with van der Waals surface area (Å²) in [6.45, 7) is 2.13. The Balaban J connectivity index is 1.85. The Bertz CT molecular complexity index is 1010. The molecular weight excluding hydrogens is 332 g/mol. The van der Waals surface area contributed by atoms with Gasteiger partial charge in [0.15, 0.2) is 5.82 Å². The number of aromatic nitrogens is 3. The fourth-order valence-corrected chi connectivity index (χ4v) is 3.51. The molecule has 3 aromatic heterocycles.